The predicted molar refractivity (Wildman–Crippen MR) is 109 cm³/mol. The van der Waals surface area contributed by atoms with Crippen LogP contribution in [0.4, 0.5) is 4.39 Å². The van der Waals surface area contributed by atoms with E-state index in [-0.39, 0.29) is 29.7 Å². The van der Waals surface area contributed by atoms with Gasteiger partial charge in [0.25, 0.3) is 5.91 Å². The Morgan fingerprint density at radius 1 is 1.11 bits per heavy atom. The Morgan fingerprint density at radius 3 is 2.43 bits per heavy atom. The SMILES string of the molecule is CCC(=O)NC1CC[C@H](N(C)C(=O)c2ccc(-c3ccc(C)c(F)c3)cc2)C1. The van der Waals surface area contributed by atoms with Gasteiger partial charge in [-0.05, 0) is 61.1 Å². The lowest BCUT2D eigenvalue weighted by Crippen LogP contribution is -2.38. The lowest BCUT2D eigenvalue weighted by molar-refractivity contribution is -0.121. The predicted octanol–water partition coefficient (Wildman–Crippen LogP) is 4.32. The Labute approximate surface area is 165 Å². The second-order valence-electron chi connectivity index (χ2n) is 7.54. The number of halogens is 1. The van der Waals surface area contributed by atoms with E-state index in [2.05, 4.69) is 5.32 Å². The highest BCUT2D eigenvalue weighted by Crippen LogP contribution is 2.26. The molecule has 1 aliphatic carbocycles. The summed E-state index contributed by atoms with van der Waals surface area (Å²) in [6, 6.07) is 12.7. The van der Waals surface area contributed by atoms with Crippen LogP contribution in [0.2, 0.25) is 0 Å². The summed E-state index contributed by atoms with van der Waals surface area (Å²) in [5.74, 6) is -0.208. The molecular weight excluding hydrogens is 355 g/mol. The summed E-state index contributed by atoms with van der Waals surface area (Å²) in [4.78, 5) is 26.2. The van der Waals surface area contributed by atoms with Gasteiger partial charge in [-0.25, -0.2) is 4.39 Å². The Kier molecular flexibility index (Phi) is 6.12. The topological polar surface area (TPSA) is 49.4 Å². The van der Waals surface area contributed by atoms with Gasteiger partial charge in [0.1, 0.15) is 5.82 Å². The standard InChI is InChI=1S/C23H27FN2O2/c1-4-22(27)25-19-11-12-20(14-19)26(3)23(28)17-9-7-16(8-10-17)18-6-5-15(2)21(24)13-18/h5-10,13,19-20H,4,11-12,14H2,1-3H3,(H,25,27)/t19?,20-/m0/s1. The van der Waals surface area contributed by atoms with E-state index in [9.17, 15) is 14.0 Å². The third-order valence-electron chi connectivity index (χ3n) is 5.60. The van der Waals surface area contributed by atoms with Crippen molar-refractivity contribution in [2.45, 2.75) is 51.6 Å². The molecule has 2 atom stereocenters. The van der Waals surface area contributed by atoms with Crippen molar-refractivity contribution in [3.05, 3.63) is 59.4 Å². The number of carbonyl (C=O) groups is 2. The lowest BCUT2D eigenvalue weighted by Gasteiger charge is -2.25. The van der Waals surface area contributed by atoms with Crippen LogP contribution < -0.4 is 5.32 Å². The second kappa shape index (κ2) is 8.55. The molecule has 2 aromatic carbocycles. The molecule has 5 heteroatoms. The molecule has 2 aromatic rings. The molecule has 0 bridgehead atoms. The average molecular weight is 382 g/mol. The van der Waals surface area contributed by atoms with Gasteiger partial charge >= 0.3 is 0 Å². The molecule has 0 heterocycles. The van der Waals surface area contributed by atoms with Crippen LogP contribution in [0.15, 0.2) is 42.5 Å². The normalized spacial score (nSPS) is 18.7. The molecule has 0 radical (unpaired) electrons. The molecule has 1 N–H and O–H groups in total. The zero-order valence-electron chi connectivity index (χ0n) is 16.7. The van der Waals surface area contributed by atoms with E-state index >= 15 is 0 Å². The van der Waals surface area contributed by atoms with Crippen molar-refractivity contribution in [2.24, 2.45) is 0 Å². The smallest absolute Gasteiger partial charge is 0.253 e. The van der Waals surface area contributed by atoms with Gasteiger partial charge in [-0.2, -0.15) is 0 Å². The van der Waals surface area contributed by atoms with Crippen LogP contribution in [-0.2, 0) is 4.79 Å². The number of rotatable bonds is 5. The minimum Gasteiger partial charge on any atom is -0.353 e. The highest BCUT2D eigenvalue weighted by molar-refractivity contribution is 5.94. The summed E-state index contributed by atoms with van der Waals surface area (Å²) >= 11 is 0. The molecule has 0 aliphatic heterocycles. The number of nitrogens with zero attached hydrogens (tertiary/aromatic N) is 1. The Bertz CT molecular complexity index is 863. The van der Waals surface area contributed by atoms with Gasteiger partial charge in [-0.15, -0.1) is 0 Å². The van der Waals surface area contributed by atoms with Crippen LogP contribution in [0.1, 0.15) is 48.5 Å². The van der Waals surface area contributed by atoms with Gasteiger partial charge in [-0.3, -0.25) is 9.59 Å². The van der Waals surface area contributed by atoms with Gasteiger partial charge in [0.2, 0.25) is 5.91 Å². The van der Waals surface area contributed by atoms with Crippen molar-refractivity contribution in [1.29, 1.82) is 0 Å². The first-order valence-electron chi connectivity index (χ1n) is 9.82. The van der Waals surface area contributed by atoms with E-state index in [1.807, 2.05) is 32.2 Å². The number of amides is 2. The molecule has 1 unspecified atom stereocenters. The van der Waals surface area contributed by atoms with E-state index in [0.29, 0.717) is 17.5 Å². The first kappa shape index (κ1) is 20.1. The van der Waals surface area contributed by atoms with Gasteiger partial charge in [0, 0.05) is 31.1 Å². The Morgan fingerprint density at radius 2 is 1.79 bits per heavy atom. The number of benzene rings is 2. The van der Waals surface area contributed by atoms with Crippen molar-refractivity contribution in [3.63, 3.8) is 0 Å². The van der Waals surface area contributed by atoms with Crippen molar-refractivity contribution in [3.8, 4) is 11.1 Å². The lowest BCUT2D eigenvalue weighted by atomic mass is 10.0. The summed E-state index contributed by atoms with van der Waals surface area (Å²) in [5.41, 5.74) is 2.89. The highest BCUT2D eigenvalue weighted by Gasteiger charge is 2.30. The molecule has 2 amide bonds. The van der Waals surface area contributed by atoms with Crippen molar-refractivity contribution in [1.82, 2.24) is 10.2 Å². The minimum atomic E-state index is -0.233. The van der Waals surface area contributed by atoms with Crippen LogP contribution in [-0.4, -0.2) is 35.8 Å². The third-order valence-corrected chi connectivity index (χ3v) is 5.60. The van der Waals surface area contributed by atoms with Crippen LogP contribution >= 0.6 is 0 Å². The Balaban J connectivity index is 1.65. The maximum Gasteiger partial charge on any atom is 0.253 e. The summed E-state index contributed by atoms with van der Waals surface area (Å²) in [6.07, 6.45) is 3.05. The molecule has 1 aliphatic rings. The van der Waals surface area contributed by atoms with E-state index in [0.717, 1.165) is 30.4 Å². The van der Waals surface area contributed by atoms with Crippen molar-refractivity contribution in [2.75, 3.05) is 7.05 Å². The van der Waals surface area contributed by atoms with E-state index in [1.54, 1.807) is 30.0 Å². The van der Waals surface area contributed by atoms with Crippen LogP contribution in [0.5, 0.6) is 0 Å². The van der Waals surface area contributed by atoms with E-state index < -0.39 is 0 Å². The quantitative estimate of drug-likeness (QED) is 0.837. The van der Waals surface area contributed by atoms with E-state index in [4.69, 9.17) is 0 Å². The monoisotopic (exact) mass is 382 g/mol. The molecule has 28 heavy (non-hydrogen) atoms. The first-order chi connectivity index (χ1) is 13.4. The molecule has 0 aromatic heterocycles. The number of aryl methyl sites for hydroxylation is 1. The zero-order valence-corrected chi connectivity index (χ0v) is 16.7. The van der Waals surface area contributed by atoms with Crippen LogP contribution in [0, 0.1) is 12.7 Å². The molecule has 1 saturated carbocycles. The van der Waals surface area contributed by atoms with Gasteiger partial charge in [0.05, 0.1) is 0 Å². The number of nitrogens with one attached hydrogen (secondary N) is 1. The summed E-state index contributed by atoms with van der Waals surface area (Å²) < 4.78 is 13.8. The largest absolute Gasteiger partial charge is 0.353 e. The molecular formula is C23H27FN2O2. The molecule has 0 saturated heterocycles. The third kappa shape index (κ3) is 4.41. The first-order valence-corrected chi connectivity index (χ1v) is 9.82. The van der Waals surface area contributed by atoms with Crippen LogP contribution in [0.3, 0.4) is 0 Å². The maximum atomic E-state index is 13.8. The molecule has 148 valence electrons. The number of hydrogen-bond donors (Lipinski definition) is 1. The van der Waals surface area contributed by atoms with Gasteiger partial charge in [0.15, 0.2) is 0 Å². The zero-order chi connectivity index (χ0) is 20.3. The fraction of sp³-hybridized carbons (Fsp3) is 0.391. The molecule has 1 fully saturated rings. The fourth-order valence-corrected chi connectivity index (χ4v) is 3.72. The van der Waals surface area contributed by atoms with E-state index in [1.165, 1.54) is 6.07 Å². The average Bonchev–Trinajstić information content (AvgIpc) is 3.17. The van der Waals surface area contributed by atoms with Gasteiger partial charge in [-0.1, -0.05) is 31.2 Å². The van der Waals surface area contributed by atoms with Crippen molar-refractivity contribution >= 4 is 11.8 Å². The maximum absolute atomic E-state index is 13.8. The van der Waals surface area contributed by atoms with Crippen LogP contribution in [0.25, 0.3) is 11.1 Å². The molecule has 4 nitrogen and oxygen atoms in total. The summed E-state index contributed by atoms with van der Waals surface area (Å²) in [6.45, 7) is 3.57. The minimum absolute atomic E-state index is 0.0332. The molecule has 0 spiro atoms. The fourth-order valence-electron chi connectivity index (χ4n) is 3.72. The number of carbonyl (C=O) groups excluding carboxylic acids is 2. The number of hydrogen-bond acceptors (Lipinski definition) is 2. The molecule has 3 rings (SSSR count). The summed E-state index contributed by atoms with van der Waals surface area (Å²) in [5, 5.41) is 3.02. The van der Waals surface area contributed by atoms with Crippen molar-refractivity contribution < 1.29 is 14.0 Å². The summed E-state index contributed by atoms with van der Waals surface area (Å²) in [7, 11) is 1.82. The van der Waals surface area contributed by atoms with Gasteiger partial charge < -0.3 is 10.2 Å². The highest BCUT2D eigenvalue weighted by atomic mass is 19.1. The Hall–Kier alpha value is -2.69. The second-order valence-corrected chi connectivity index (χ2v) is 7.54.